The van der Waals surface area contributed by atoms with Gasteiger partial charge < -0.3 is 9.42 Å². The fourth-order valence-corrected chi connectivity index (χ4v) is 4.38. The second-order valence-corrected chi connectivity index (χ2v) is 8.23. The molecule has 1 aliphatic rings. The zero-order valence-corrected chi connectivity index (χ0v) is 18.4. The van der Waals surface area contributed by atoms with E-state index in [0.717, 1.165) is 28.1 Å². The Bertz CT molecular complexity index is 991. The number of nitrogens with zero attached hydrogens (tertiary/aromatic N) is 3. The van der Waals surface area contributed by atoms with Gasteiger partial charge >= 0.3 is 0 Å². The predicted octanol–water partition coefficient (Wildman–Crippen LogP) is 4.44. The molecule has 5 nitrogen and oxygen atoms in total. The van der Waals surface area contributed by atoms with Gasteiger partial charge in [-0.1, -0.05) is 29.4 Å². The Morgan fingerprint density at radius 2 is 1.47 bits per heavy atom. The smallest absolute Gasteiger partial charge is 0.222 e. The summed E-state index contributed by atoms with van der Waals surface area (Å²) in [5.41, 5.74) is 3.72. The molecule has 2 aromatic carbocycles. The first kappa shape index (κ1) is 22.1. The Hall–Kier alpha value is -3.06. The number of hydrogen-bond donors (Lipinski definition) is 0. The van der Waals surface area contributed by atoms with Crippen LogP contribution in [0.15, 0.2) is 53.1 Å². The van der Waals surface area contributed by atoms with Gasteiger partial charge in [-0.05, 0) is 55.7 Å². The van der Waals surface area contributed by atoms with Crippen LogP contribution in [-0.2, 0) is 11.2 Å². The van der Waals surface area contributed by atoms with E-state index < -0.39 is 0 Å². The zero-order chi connectivity index (χ0) is 22.7. The molecular weight excluding hydrogens is 412 g/mol. The largest absolute Gasteiger partial charge is 0.361 e. The molecular formula is C25H27F2N3O2. The molecule has 1 saturated heterocycles. The quantitative estimate of drug-likeness (QED) is 0.570. The molecule has 0 spiro atoms. The van der Waals surface area contributed by atoms with Gasteiger partial charge in [-0.3, -0.25) is 9.69 Å². The fourth-order valence-electron chi connectivity index (χ4n) is 4.38. The van der Waals surface area contributed by atoms with Gasteiger partial charge in [0.25, 0.3) is 0 Å². The van der Waals surface area contributed by atoms with Crippen molar-refractivity contribution in [3.8, 4) is 0 Å². The molecule has 0 aliphatic carbocycles. The number of benzene rings is 2. The lowest BCUT2D eigenvalue weighted by Crippen LogP contribution is -2.49. The highest BCUT2D eigenvalue weighted by Gasteiger charge is 2.28. The first-order chi connectivity index (χ1) is 15.4. The van der Waals surface area contributed by atoms with Crippen molar-refractivity contribution in [3.05, 3.63) is 88.3 Å². The topological polar surface area (TPSA) is 49.6 Å². The lowest BCUT2D eigenvalue weighted by molar-refractivity contribution is -0.133. The van der Waals surface area contributed by atoms with Gasteiger partial charge in [-0.2, -0.15) is 0 Å². The standard InChI is InChI=1S/C25H27F2N3O2/c1-17-23(18(2)32-28-17)11-12-24(31)29-13-15-30(16-14-29)25(19-3-7-21(26)8-4-19)20-5-9-22(27)10-6-20/h3-10,25H,11-16H2,1-2H3. The summed E-state index contributed by atoms with van der Waals surface area (Å²) in [6.45, 7) is 6.33. The van der Waals surface area contributed by atoms with Crippen LogP contribution in [0.5, 0.6) is 0 Å². The van der Waals surface area contributed by atoms with Crippen molar-refractivity contribution in [1.29, 1.82) is 0 Å². The molecule has 3 aromatic rings. The van der Waals surface area contributed by atoms with Crippen LogP contribution in [0.2, 0.25) is 0 Å². The molecule has 1 aliphatic heterocycles. The van der Waals surface area contributed by atoms with Gasteiger partial charge in [0.2, 0.25) is 5.91 Å². The number of aromatic nitrogens is 1. The average Bonchev–Trinajstić information content (AvgIpc) is 3.12. The number of carbonyl (C=O) groups excluding carboxylic acids is 1. The van der Waals surface area contributed by atoms with Crippen molar-refractivity contribution in [2.75, 3.05) is 26.2 Å². The van der Waals surface area contributed by atoms with Crippen LogP contribution >= 0.6 is 0 Å². The number of hydrogen-bond acceptors (Lipinski definition) is 4. The minimum Gasteiger partial charge on any atom is -0.361 e. The molecule has 7 heteroatoms. The third-order valence-electron chi connectivity index (χ3n) is 6.17. The number of aryl methyl sites for hydroxylation is 2. The maximum Gasteiger partial charge on any atom is 0.222 e. The summed E-state index contributed by atoms with van der Waals surface area (Å²) in [4.78, 5) is 16.9. The second kappa shape index (κ2) is 9.61. The van der Waals surface area contributed by atoms with E-state index in [1.54, 1.807) is 24.3 Å². The van der Waals surface area contributed by atoms with Gasteiger partial charge in [0.05, 0.1) is 11.7 Å². The number of halogens is 2. The molecule has 32 heavy (non-hydrogen) atoms. The number of rotatable bonds is 6. The second-order valence-electron chi connectivity index (χ2n) is 8.23. The molecule has 1 aromatic heterocycles. The molecule has 0 unspecified atom stereocenters. The first-order valence-electron chi connectivity index (χ1n) is 10.9. The molecule has 0 bridgehead atoms. The summed E-state index contributed by atoms with van der Waals surface area (Å²) in [7, 11) is 0. The van der Waals surface area contributed by atoms with Crippen LogP contribution in [0.4, 0.5) is 8.78 Å². The summed E-state index contributed by atoms with van der Waals surface area (Å²) in [6, 6.07) is 12.7. The van der Waals surface area contributed by atoms with Crippen molar-refractivity contribution >= 4 is 5.91 Å². The minimum absolute atomic E-state index is 0.116. The monoisotopic (exact) mass is 439 g/mol. The zero-order valence-electron chi connectivity index (χ0n) is 18.4. The van der Waals surface area contributed by atoms with E-state index in [1.807, 2.05) is 18.7 Å². The van der Waals surface area contributed by atoms with Crippen molar-refractivity contribution in [2.24, 2.45) is 0 Å². The molecule has 0 saturated carbocycles. The van der Waals surface area contributed by atoms with Crippen molar-refractivity contribution in [3.63, 3.8) is 0 Å². The van der Waals surface area contributed by atoms with E-state index in [-0.39, 0.29) is 23.6 Å². The molecule has 168 valence electrons. The minimum atomic E-state index is -0.291. The Morgan fingerprint density at radius 1 is 0.938 bits per heavy atom. The maximum atomic E-state index is 13.5. The van der Waals surface area contributed by atoms with Crippen LogP contribution in [-0.4, -0.2) is 47.0 Å². The molecule has 0 atom stereocenters. The van der Waals surface area contributed by atoms with E-state index in [0.29, 0.717) is 39.0 Å². The van der Waals surface area contributed by atoms with Gasteiger partial charge in [-0.15, -0.1) is 0 Å². The normalized spacial score (nSPS) is 14.8. The lowest BCUT2D eigenvalue weighted by Gasteiger charge is -2.40. The van der Waals surface area contributed by atoms with Crippen molar-refractivity contribution in [1.82, 2.24) is 15.0 Å². The van der Waals surface area contributed by atoms with E-state index in [4.69, 9.17) is 4.52 Å². The lowest BCUT2D eigenvalue weighted by atomic mass is 9.96. The summed E-state index contributed by atoms with van der Waals surface area (Å²) >= 11 is 0. The number of piperazine rings is 1. The third-order valence-corrected chi connectivity index (χ3v) is 6.17. The summed E-state index contributed by atoms with van der Waals surface area (Å²) in [5, 5.41) is 3.95. The van der Waals surface area contributed by atoms with Crippen LogP contribution < -0.4 is 0 Å². The van der Waals surface area contributed by atoms with E-state index >= 15 is 0 Å². The number of carbonyl (C=O) groups is 1. The van der Waals surface area contributed by atoms with Gasteiger partial charge in [0.15, 0.2) is 0 Å². The van der Waals surface area contributed by atoms with Crippen molar-refractivity contribution < 1.29 is 18.1 Å². The molecule has 2 heterocycles. The molecule has 0 radical (unpaired) electrons. The summed E-state index contributed by atoms with van der Waals surface area (Å²) in [6.07, 6.45) is 1.04. The Balaban J connectivity index is 1.43. The highest BCUT2D eigenvalue weighted by molar-refractivity contribution is 5.76. The molecule has 1 fully saturated rings. The van der Waals surface area contributed by atoms with Crippen LogP contribution in [0.3, 0.4) is 0 Å². The maximum absolute atomic E-state index is 13.5. The summed E-state index contributed by atoms with van der Waals surface area (Å²) in [5.74, 6) is 0.298. The molecule has 4 rings (SSSR count). The van der Waals surface area contributed by atoms with Gasteiger partial charge in [-0.25, -0.2) is 8.78 Å². The first-order valence-corrected chi connectivity index (χ1v) is 10.9. The average molecular weight is 440 g/mol. The summed E-state index contributed by atoms with van der Waals surface area (Å²) < 4.78 is 32.2. The Morgan fingerprint density at radius 3 is 1.94 bits per heavy atom. The van der Waals surface area contributed by atoms with Crippen LogP contribution in [0, 0.1) is 25.5 Å². The molecule has 1 amide bonds. The fraction of sp³-hybridized carbons (Fsp3) is 0.360. The highest BCUT2D eigenvalue weighted by Crippen LogP contribution is 2.30. The molecule has 0 N–H and O–H groups in total. The number of amides is 1. The Labute approximate surface area is 186 Å². The third kappa shape index (κ3) is 4.88. The van der Waals surface area contributed by atoms with Crippen molar-refractivity contribution in [2.45, 2.75) is 32.7 Å². The van der Waals surface area contributed by atoms with Crippen LogP contribution in [0.1, 0.15) is 40.6 Å². The predicted molar refractivity (Wildman–Crippen MR) is 117 cm³/mol. The van der Waals surface area contributed by atoms with Gasteiger partial charge in [0, 0.05) is 38.2 Å². The van der Waals surface area contributed by atoms with Gasteiger partial charge in [0.1, 0.15) is 17.4 Å². The van der Waals surface area contributed by atoms with E-state index in [9.17, 15) is 13.6 Å². The van der Waals surface area contributed by atoms with Crippen LogP contribution in [0.25, 0.3) is 0 Å². The van der Waals surface area contributed by atoms with E-state index in [2.05, 4.69) is 10.1 Å². The highest BCUT2D eigenvalue weighted by atomic mass is 19.1. The SMILES string of the molecule is Cc1noc(C)c1CCC(=O)N1CCN(C(c2ccc(F)cc2)c2ccc(F)cc2)CC1. The van der Waals surface area contributed by atoms with E-state index in [1.165, 1.54) is 24.3 Å². The Kier molecular flexibility index (Phi) is 6.65.